The molecule has 4 rings (SSSR count). The zero-order valence-corrected chi connectivity index (χ0v) is 17.3. The third kappa shape index (κ3) is 3.97. The van der Waals surface area contributed by atoms with Crippen molar-refractivity contribution in [1.82, 2.24) is 15.0 Å². The van der Waals surface area contributed by atoms with Crippen LogP contribution in [0.2, 0.25) is 0 Å². The normalized spacial score (nSPS) is 10.9. The minimum Gasteiger partial charge on any atom is -0.508 e. The maximum atomic E-state index is 14.3. The van der Waals surface area contributed by atoms with Crippen LogP contribution in [-0.4, -0.2) is 27.2 Å². The van der Waals surface area contributed by atoms with E-state index in [0.29, 0.717) is 28.0 Å². The topological polar surface area (TPSA) is 86.6 Å². The second kappa shape index (κ2) is 8.11. The van der Waals surface area contributed by atoms with Gasteiger partial charge in [0.1, 0.15) is 18.7 Å². The first-order chi connectivity index (χ1) is 14.4. The Hall–Kier alpha value is -3.46. The van der Waals surface area contributed by atoms with Gasteiger partial charge in [0.05, 0.1) is 28.7 Å². The van der Waals surface area contributed by atoms with Crippen LogP contribution in [-0.2, 0) is 6.61 Å². The Balaban J connectivity index is 1.68. The first-order valence-electron chi connectivity index (χ1n) is 8.98. The number of phenolic OH excluding ortho intramolecular Hbond substituents is 1. The fourth-order valence-corrected chi connectivity index (χ4v) is 3.44. The second-order valence-electron chi connectivity index (χ2n) is 6.52. The first kappa shape index (κ1) is 19.8. The number of hydrogen-bond donors (Lipinski definition) is 1. The molecule has 0 aliphatic heterocycles. The number of aryl methyl sites for hydroxylation is 2. The fraction of sp³-hybridized carbons (Fsp3) is 0.190. The molecule has 0 aliphatic rings. The molecule has 0 fully saturated rings. The lowest BCUT2D eigenvalue weighted by molar-refractivity contribution is 0.281. The third-order valence-corrected chi connectivity index (χ3v) is 5.21. The summed E-state index contributed by atoms with van der Waals surface area (Å²) in [6.45, 7) is 3.82. The summed E-state index contributed by atoms with van der Waals surface area (Å²) >= 11 is 1.55. The Kier molecular flexibility index (Phi) is 5.37. The summed E-state index contributed by atoms with van der Waals surface area (Å²) in [5, 5.41) is 13.3. The Morgan fingerprint density at radius 2 is 1.90 bits per heavy atom. The molecule has 4 aromatic rings. The van der Waals surface area contributed by atoms with Crippen LogP contribution in [0.1, 0.15) is 16.3 Å². The van der Waals surface area contributed by atoms with E-state index in [2.05, 4.69) is 15.0 Å². The van der Waals surface area contributed by atoms with Gasteiger partial charge in [-0.25, -0.2) is 19.3 Å². The van der Waals surface area contributed by atoms with E-state index >= 15 is 0 Å². The van der Waals surface area contributed by atoms with E-state index in [1.807, 2.05) is 12.3 Å². The lowest BCUT2D eigenvalue weighted by atomic mass is 10.2. The van der Waals surface area contributed by atoms with Gasteiger partial charge in [0.25, 0.3) is 0 Å². The number of thiazole rings is 1. The van der Waals surface area contributed by atoms with E-state index in [1.165, 1.54) is 25.6 Å². The quantitative estimate of drug-likeness (QED) is 0.467. The van der Waals surface area contributed by atoms with Gasteiger partial charge in [0.2, 0.25) is 5.88 Å². The summed E-state index contributed by atoms with van der Waals surface area (Å²) in [6, 6.07) is 5.77. The Labute approximate surface area is 175 Å². The summed E-state index contributed by atoms with van der Waals surface area (Å²) in [7, 11) is 1.52. The van der Waals surface area contributed by atoms with Crippen LogP contribution in [0, 0.1) is 19.7 Å². The molecule has 1 N–H and O–H groups in total. The molecule has 0 amide bonds. The predicted molar refractivity (Wildman–Crippen MR) is 110 cm³/mol. The highest BCUT2D eigenvalue weighted by Crippen LogP contribution is 2.37. The Morgan fingerprint density at radius 3 is 2.63 bits per heavy atom. The van der Waals surface area contributed by atoms with E-state index < -0.39 is 5.82 Å². The van der Waals surface area contributed by atoms with Crippen molar-refractivity contribution in [3.63, 3.8) is 0 Å². The number of ether oxygens (including phenoxy) is 3. The smallest absolute Gasteiger partial charge is 0.230 e. The largest absolute Gasteiger partial charge is 0.508 e. The van der Waals surface area contributed by atoms with Gasteiger partial charge >= 0.3 is 0 Å². The van der Waals surface area contributed by atoms with Gasteiger partial charge in [-0.15, -0.1) is 11.3 Å². The molecule has 2 heterocycles. The number of phenols is 1. The van der Waals surface area contributed by atoms with Gasteiger partial charge in [-0.1, -0.05) is 0 Å². The summed E-state index contributed by atoms with van der Waals surface area (Å²) in [6.07, 6.45) is 1.31. The minimum absolute atomic E-state index is 0.0738. The van der Waals surface area contributed by atoms with Gasteiger partial charge in [0, 0.05) is 17.5 Å². The molecule has 0 radical (unpaired) electrons. The Bertz CT molecular complexity index is 1230. The van der Waals surface area contributed by atoms with Gasteiger partial charge < -0.3 is 19.3 Å². The third-order valence-electron chi connectivity index (χ3n) is 4.38. The lowest BCUT2D eigenvalue weighted by Gasteiger charge is -2.13. The van der Waals surface area contributed by atoms with Gasteiger partial charge in [-0.2, -0.15) is 0 Å². The molecule has 2 aromatic carbocycles. The maximum absolute atomic E-state index is 14.3. The molecule has 7 nitrogen and oxygen atoms in total. The molecule has 0 aliphatic carbocycles. The van der Waals surface area contributed by atoms with Crippen molar-refractivity contribution in [3.8, 4) is 28.9 Å². The van der Waals surface area contributed by atoms with Crippen LogP contribution in [0.4, 0.5) is 4.39 Å². The number of benzene rings is 2. The molecule has 9 heteroatoms. The first-order valence-corrected chi connectivity index (χ1v) is 9.86. The number of aromatic hydroxyl groups is 1. The highest BCUT2D eigenvalue weighted by Gasteiger charge is 2.16. The van der Waals surface area contributed by atoms with Crippen molar-refractivity contribution in [3.05, 3.63) is 58.1 Å². The highest BCUT2D eigenvalue weighted by atomic mass is 32.1. The van der Waals surface area contributed by atoms with Gasteiger partial charge in [0.15, 0.2) is 23.1 Å². The fourth-order valence-electron chi connectivity index (χ4n) is 2.84. The molecule has 0 saturated heterocycles. The van der Waals surface area contributed by atoms with E-state index in [1.54, 1.807) is 30.4 Å². The molecule has 30 heavy (non-hydrogen) atoms. The maximum Gasteiger partial charge on any atom is 0.230 e. The number of fused-ring (bicyclic) bond motifs is 1. The Morgan fingerprint density at radius 1 is 1.07 bits per heavy atom. The van der Waals surface area contributed by atoms with Crippen molar-refractivity contribution in [2.24, 2.45) is 0 Å². The molecule has 0 bridgehead atoms. The van der Waals surface area contributed by atoms with Gasteiger partial charge in [-0.05, 0) is 31.5 Å². The molecule has 0 unspecified atom stereocenters. The van der Waals surface area contributed by atoms with Crippen molar-refractivity contribution in [2.75, 3.05) is 7.11 Å². The average molecular weight is 427 g/mol. The van der Waals surface area contributed by atoms with Crippen LogP contribution < -0.4 is 14.2 Å². The number of nitrogens with zero attached hydrogens (tertiary/aromatic N) is 3. The highest BCUT2D eigenvalue weighted by molar-refractivity contribution is 7.09. The number of halogens is 1. The molecule has 154 valence electrons. The van der Waals surface area contributed by atoms with Crippen molar-refractivity contribution in [1.29, 1.82) is 0 Å². The minimum atomic E-state index is -0.609. The van der Waals surface area contributed by atoms with Crippen molar-refractivity contribution < 1.29 is 23.7 Å². The van der Waals surface area contributed by atoms with Crippen molar-refractivity contribution in [2.45, 2.75) is 20.5 Å². The van der Waals surface area contributed by atoms with Crippen LogP contribution >= 0.6 is 11.3 Å². The zero-order valence-electron chi connectivity index (χ0n) is 16.5. The molecular formula is C21H18FN3O4S. The molecule has 0 spiro atoms. The molecule has 0 atom stereocenters. The molecule has 0 saturated carbocycles. The number of rotatable bonds is 6. The zero-order chi connectivity index (χ0) is 21.3. The van der Waals surface area contributed by atoms with Crippen LogP contribution in [0.25, 0.3) is 10.9 Å². The SMILES string of the molecule is COc1cc2c(Oc3cc(O)c(C)cc3F)ncnc2cc1OCc1csc(C)n1. The van der Waals surface area contributed by atoms with Crippen LogP contribution in [0.5, 0.6) is 28.9 Å². The number of methoxy groups -OCH3 is 1. The van der Waals surface area contributed by atoms with E-state index in [0.717, 1.165) is 10.7 Å². The monoisotopic (exact) mass is 427 g/mol. The van der Waals surface area contributed by atoms with Crippen LogP contribution in [0.3, 0.4) is 0 Å². The predicted octanol–water partition coefficient (Wildman–Crippen LogP) is 4.93. The van der Waals surface area contributed by atoms with Crippen LogP contribution in [0.15, 0.2) is 36.0 Å². The molecular weight excluding hydrogens is 409 g/mol. The summed E-state index contributed by atoms with van der Waals surface area (Å²) in [4.78, 5) is 12.7. The van der Waals surface area contributed by atoms with Gasteiger partial charge in [-0.3, -0.25) is 0 Å². The average Bonchev–Trinajstić information content (AvgIpc) is 3.15. The van der Waals surface area contributed by atoms with E-state index in [9.17, 15) is 9.50 Å². The standard InChI is InChI=1S/C21H18FN3O4S/c1-11-4-15(22)18(7-17(11)26)29-21-14-5-19(27-3)20(6-16(14)23-10-24-21)28-8-13-9-30-12(2)25-13/h4-7,9-10,26H,8H2,1-3H3. The van der Waals surface area contributed by atoms with Crippen molar-refractivity contribution >= 4 is 22.2 Å². The van der Waals surface area contributed by atoms with E-state index in [4.69, 9.17) is 14.2 Å². The number of hydrogen-bond acceptors (Lipinski definition) is 8. The summed E-state index contributed by atoms with van der Waals surface area (Å²) in [5.41, 5.74) is 1.76. The number of aromatic nitrogens is 3. The lowest BCUT2D eigenvalue weighted by Crippen LogP contribution is -2.00. The second-order valence-corrected chi connectivity index (χ2v) is 7.58. The van der Waals surface area contributed by atoms with E-state index in [-0.39, 0.29) is 24.0 Å². The summed E-state index contributed by atoms with van der Waals surface area (Å²) < 4.78 is 31.2. The molecule has 2 aromatic heterocycles. The summed E-state index contributed by atoms with van der Waals surface area (Å²) in [5.74, 6) is 0.233.